The lowest BCUT2D eigenvalue weighted by Crippen LogP contribution is -2.49. The smallest absolute Gasteiger partial charge is 0.255 e. The van der Waals surface area contributed by atoms with Gasteiger partial charge in [-0.2, -0.15) is 5.26 Å². The second-order valence-electron chi connectivity index (χ2n) is 6.26. The first-order valence-electron chi connectivity index (χ1n) is 8.55. The highest BCUT2D eigenvalue weighted by atomic mass is 35.5. The molecule has 7 heteroatoms. The maximum Gasteiger partial charge on any atom is 0.255 e. The molecule has 27 heavy (non-hydrogen) atoms. The van der Waals surface area contributed by atoms with Crippen molar-refractivity contribution in [3.8, 4) is 11.8 Å². The van der Waals surface area contributed by atoms with Crippen molar-refractivity contribution in [3.63, 3.8) is 0 Å². The van der Waals surface area contributed by atoms with Crippen LogP contribution in [-0.2, 0) is 0 Å². The van der Waals surface area contributed by atoms with Gasteiger partial charge in [-0.15, -0.1) is 0 Å². The third-order valence-electron chi connectivity index (χ3n) is 4.68. The number of ether oxygens (including phenoxy) is 1. The molecular formula is C20H19Cl2N3O2. The van der Waals surface area contributed by atoms with E-state index in [-0.39, 0.29) is 11.9 Å². The van der Waals surface area contributed by atoms with E-state index in [9.17, 15) is 10.1 Å². The summed E-state index contributed by atoms with van der Waals surface area (Å²) in [6.07, 6.45) is 0. The molecule has 1 unspecified atom stereocenters. The average Bonchev–Trinajstić information content (AvgIpc) is 2.69. The van der Waals surface area contributed by atoms with Crippen molar-refractivity contribution in [2.45, 2.75) is 6.04 Å². The Morgan fingerprint density at radius 3 is 2.33 bits per heavy atom. The van der Waals surface area contributed by atoms with Crippen molar-refractivity contribution in [2.24, 2.45) is 0 Å². The quantitative estimate of drug-likeness (QED) is 0.773. The summed E-state index contributed by atoms with van der Waals surface area (Å²) in [5.41, 5.74) is 1.36. The van der Waals surface area contributed by atoms with Crippen LogP contribution in [-0.4, -0.2) is 49.0 Å². The summed E-state index contributed by atoms with van der Waals surface area (Å²) in [7, 11) is 1.61. The van der Waals surface area contributed by atoms with Gasteiger partial charge in [-0.05, 0) is 35.9 Å². The van der Waals surface area contributed by atoms with E-state index >= 15 is 0 Å². The standard InChI is InChI=1S/C20H19Cl2N3O2/c1-27-16-5-2-14(3-6-16)19(13-23)24-8-10-25(11-9-24)20(26)17-7-4-15(21)12-18(17)22/h2-7,12,19H,8-11H2,1H3. The Labute approximate surface area is 168 Å². The molecule has 1 aliphatic rings. The van der Waals surface area contributed by atoms with Gasteiger partial charge in [-0.25, -0.2) is 0 Å². The molecule has 0 aliphatic carbocycles. The zero-order chi connectivity index (χ0) is 19.4. The molecule has 1 aliphatic heterocycles. The summed E-state index contributed by atoms with van der Waals surface area (Å²) in [6.45, 7) is 2.29. The van der Waals surface area contributed by atoms with E-state index in [0.717, 1.165) is 11.3 Å². The predicted octanol–water partition coefficient (Wildman–Crippen LogP) is 4.02. The number of hydrogen-bond donors (Lipinski definition) is 0. The number of nitrogens with zero attached hydrogens (tertiary/aromatic N) is 3. The highest BCUT2D eigenvalue weighted by molar-refractivity contribution is 6.36. The molecule has 0 bridgehead atoms. The first-order chi connectivity index (χ1) is 13.0. The van der Waals surface area contributed by atoms with Crippen molar-refractivity contribution in [3.05, 3.63) is 63.6 Å². The summed E-state index contributed by atoms with van der Waals surface area (Å²) in [4.78, 5) is 16.6. The molecule has 3 rings (SSSR count). The molecule has 5 nitrogen and oxygen atoms in total. The molecule has 0 spiro atoms. The predicted molar refractivity (Wildman–Crippen MR) is 105 cm³/mol. The minimum atomic E-state index is -0.354. The molecule has 0 radical (unpaired) electrons. The second-order valence-corrected chi connectivity index (χ2v) is 7.10. The highest BCUT2D eigenvalue weighted by Crippen LogP contribution is 2.26. The van der Waals surface area contributed by atoms with Gasteiger partial charge >= 0.3 is 0 Å². The molecule has 2 aromatic rings. The number of rotatable bonds is 4. The van der Waals surface area contributed by atoms with Crippen molar-refractivity contribution in [2.75, 3.05) is 33.3 Å². The molecule has 0 saturated carbocycles. The normalized spacial score (nSPS) is 15.9. The van der Waals surface area contributed by atoms with E-state index in [1.165, 1.54) is 0 Å². The number of hydrogen-bond acceptors (Lipinski definition) is 4. The lowest BCUT2D eigenvalue weighted by atomic mass is 10.1. The summed E-state index contributed by atoms with van der Waals surface area (Å²) in [5.74, 6) is 0.639. The zero-order valence-corrected chi connectivity index (χ0v) is 16.4. The van der Waals surface area contributed by atoms with Gasteiger partial charge in [0.1, 0.15) is 11.8 Å². The fourth-order valence-corrected chi connectivity index (χ4v) is 3.66. The van der Waals surface area contributed by atoms with Crippen LogP contribution in [0.2, 0.25) is 10.0 Å². The number of halogens is 2. The van der Waals surface area contributed by atoms with E-state index in [1.807, 2.05) is 24.3 Å². The van der Waals surface area contributed by atoms with Gasteiger partial charge in [-0.1, -0.05) is 35.3 Å². The average molecular weight is 404 g/mol. The minimum absolute atomic E-state index is 0.116. The summed E-state index contributed by atoms with van der Waals surface area (Å²) >= 11 is 12.1. The lowest BCUT2D eigenvalue weighted by Gasteiger charge is -2.37. The number of nitriles is 1. The van der Waals surface area contributed by atoms with Crippen LogP contribution in [0.15, 0.2) is 42.5 Å². The molecule has 2 aromatic carbocycles. The van der Waals surface area contributed by atoms with Gasteiger partial charge in [0.05, 0.1) is 23.8 Å². The number of piperazine rings is 1. The molecule has 1 fully saturated rings. The number of carbonyl (C=O) groups excluding carboxylic acids is 1. The van der Waals surface area contributed by atoms with Crippen LogP contribution in [0.4, 0.5) is 0 Å². The highest BCUT2D eigenvalue weighted by Gasteiger charge is 2.28. The summed E-state index contributed by atoms with van der Waals surface area (Å²) < 4.78 is 5.17. The fourth-order valence-electron chi connectivity index (χ4n) is 3.17. The van der Waals surface area contributed by atoms with Gasteiger partial charge < -0.3 is 9.64 Å². The van der Waals surface area contributed by atoms with Crippen molar-refractivity contribution in [1.82, 2.24) is 9.80 Å². The van der Waals surface area contributed by atoms with Crippen molar-refractivity contribution >= 4 is 29.1 Å². The summed E-state index contributed by atoms with van der Waals surface area (Å²) in [5, 5.41) is 10.5. The van der Waals surface area contributed by atoms with E-state index in [0.29, 0.717) is 41.8 Å². The minimum Gasteiger partial charge on any atom is -0.497 e. The van der Waals surface area contributed by atoms with Crippen LogP contribution in [0.25, 0.3) is 0 Å². The Hall–Kier alpha value is -2.26. The molecule has 1 saturated heterocycles. The van der Waals surface area contributed by atoms with Crippen LogP contribution in [0.5, 0.6) is 5.75 Å². The monoisotopic (exact) mass is 403 g/mol. The van der Waals surface area contributed by atoms with Crippen LogP contribution < -0.4 is 4.74 Å². The Morgan fingerprint density at radius 1 is 1.11 bits per heavy atom. The first kappa shape index (κ1) is 19.5. The second kappa shape index (κ2) is 8.62. The van der Waals surface area contributed by atoms with Gasteiger partial charge in [0.2, 0.25) is 0 Å². The molecule has 0 aromatic heterocycles. The van der Waals surface area contributed by atoms with Gasteiger partial charge in [-0.3, -0.25) is 9.69 Å². The number of methoxy groups -OCH3 is 1. The SMILES string of the molecule is COc1ccc(C(C#N)N2CCN(C(=O)c3ccc(Cl)cc3Cl)CC2)cc1. The Balaban J connectivity index is 1.66. The van der Waals surface area contributed by atoms with Crippen LogP contribution in [0, 0.1) is 11.3 Å². The first-order valence-corrected chi connectivity index (χ1v) is 9.31. The third kappa shape index (κ3) is 4.36. The maximum atomic E-state index is 12.7. The van der Waals surface area contributed by atoms with Crippen LogP contribution in [0.1, 0.15) is 22.0 Å². The zero-order valence-electron chi connectivity index (χ0n) is 14.9. The number of benzene rings is 2. The molecule has 1 atom stereocenters. The Morgan fingerprint density at radius 2 is 1.78 bits per heavy atom. The van der Waals surface area contributed by atoms with Crippen LogP contribution in [0.3, 0.4) is 0 Å². The largest absolute Gasteiger partial charge is 0.497 e. The van der Waals surface area contributed by atoms with Crippen molar-refractivity contribution < 1.29 is 9.53 Å². The molecule has 1 amide bonds. The lowest BCUT2D eigenvalue weighted by molar-refractivity contribution is 0.0606. The molecule has 0 N–H and O–H groups in total. The number of carbonyl (C=O) groups is 1. The number of amides is 1. The fraction of sp³-hybridized carbons (Fsp3) is 0.300. The van der Waals surface area contributed by atoms with E-state index in [1.54, 1.807) is 30.2 Å². The summed E-state index contributed by atoms with van der Waals surface area (Å²) in [6, 6.07) is 14.4. The molecular weight excluding hydrogens is 385 g/mol. The Bertz CT molecular complexity index is 857. The third-order valence-corrected chi connectivity index (χ3v) is 5.23. The van der Waals surface area contributed by atoms with Gasteiger partial charge in [0.25, 0.3) is 5.91 Å². The van der Waals surface area contributed by atoms with E-state index < -0.39 is 0 Å². The van der Waals surface area contributed by atoms with Gasteiger partial charge in [0.15, 0.2) is 0 Å². The van der Waals surface area contributed by atoms with Crippen molar-refractivity contribution in [1.29, 1.82) is 5.26 Å². The van der Waals surface area contributed by atoms with Crippen LogP contribution >= 0.6 is 23.2 Å². The topological polar surface area (TPSA) is 56.6 Å². The molecule has 1 heterocycles. The van der Waals surface area contributed by atoms with E-state index in [2.05, 4.69) is 11.0 Å². The molecule has 140 valence electrons. The van der Waals surface area contributed by atoms with Gasteiger partial charge in [0, 0.05) is 31.2 Å². The Kier molecular flexibility index (Phi) is 6.22. The van der Waals surface area contributed by atoms with E-state index in [4.69, 9.17) is 27.9 Å². The maximum absolute atomic E-state index is 12.7.